The highest BCUT2D eigenvalue weighted by atomic mass is 16.2. The number of carbonyl (C=O) groups is 1. The fourth-order valence-electron chi connectivity index (χ4n) is 1.62. The monoisotopic (exact) mass is 220 g/mol. The van der Waals surface area contributed by atoms with Crippen LogP contribution in [0.1, 0.15) is 27.9 Å². The quantitative estimate of drug-likeness (QED) is 0.840. The van der Waals surface area contributed by atoms with Crippen LogP contribution in [0.3, 0.4) is 0 Å². The summed E-state index contributed by atoms with van der Waals surface area (Å²) in [5.41, 5.74) is 8.44. The SMILES string of the molecule is Cc1cccc(C(=O)N(C)CCCN)c1C. The van der Waals surface area contributed by atoms with Crippen LogP contribution in [0.15, 0.2) is 18.2 Å². The third-order valence-corrected chi connectivity index (χ3v) is 2.88. The second-order valence-electron chi connectivity index (χ2n) is 4.12. The maximum Gasteiger partial charge on any atom is 0.253 e. The number of rotatable bonds is 4. The van der Waals surface area contributed by atoms with Gasteiger partial charge >= 0.3 is 0 Å². The number of hydrogen-bond acceptors (Lipinski definition) is 2. The van der Waals surface area contributed by atoms with Gasteiger partial charge < -0.3 is 10.6 Å². The molecular weight excluding hydrogens is 200 g/mol. The van der Waals surface area contributed by atoms with Crippen LogP contribution in [0.2, 0.25) is 0 Å². The average Bonchev–Trinajstić information content (AvgIpc) is 2.28. The van der Waals surface area contributed by atoms with E-state index < -0.39 is 0 Å². The summed E-state index contributed by atoms with van der Waals surface area (Å²) in [6.45, 7) is 5.33. The molecule has 3 heteroatoms. The number of carbonyl (C=O) groups excluding carboxylic acids is 1. The summed E-state index contributed by atoms with van der Waals surface area (Å²) >= 11 is 0. The Hall–Kier alpha value is -1.35. The molecule has 0 aromatic heterocycles. The lowest BCUT2D eigenvalue weighted by atomic mass is 10.0. The highest BCUT2D eigenvalue weighted by Crippen LogP contribution is 2.14. The van der Waals surface area contributed by atoms with Gasteiger partial charge in [-0.1, -0.05) is 12.1 Å². The molecule has 1 aromatic rings. The highest BCUT2D eigenvalue weighted by molar-refractivity contribution is 5.95. The lowest BCUT2D eigenvalue weighted by Crippen LogP contribution is -2.29. The topological polar surface area (TPSA) is 46.3 Å². The molecule has 1 aromatic carbocycles. The van der Waals surface area contributed by atoms with Crippen LogP contribution in [-0.4, -0.2) is 30.9 Å². The molecule has 0 aliphatic heterocycles. The van der Waals surface area contributed by atoms with E-state index >= 15 is 0 Å². The zero-order chi connectivity index (χ0) is 12.1. The number of nitrogens with zero attached hydrogens (tertiary/aromatic N) is 1. The molecule has 1 amide bonds. The first-order valence-corrected chi connectivity index (χ1v) is 5.59. The molecule has 0 bridgehead atoms. The van der Waals surface area contributed by atoms with E-state index in [4.69, 9.17) is 5.73 Å². The lowest BCUT2D eigenvalue weighted by molar-refractivity contribution is 0.0793. The molecule has 0 saturated carbocycles. The number of nitrogens with two attached hydrogens (primary N) is 1. The first-order valence-electron chi connectivity index (χ1n) is 5.59. The van der Waals surface area contributed by atoms with Crippen molar-refractivity contribution in [2.45, 2.75) is 20.3 Å². The first kappa shape index (κ1) is 12.7. The molecule has 88 valence electrons. The largest absolute Gasteiger partial charge is 0.342 e. The van der Waals surface area contributed by atoms with Gasteiger partial charge in [-0.25, -0.2) is 0 Å². The number of aryl methyl sites for hydroxylation is 1. The molecule has 0 atom stereocenters. The van der Waals surface area contributed by atoms with E-state index in [0.717, 1.165) is 23.1 Å². The van der Waals surface area contributed by atoms with Crippen LogP contribution in [0.5, 0.6) is 0 Å². The molecule has 0 aliphatic carbocycles. The second-order valence-corrected chi connectivity index (χ2v) is 4.12. The summed E-state index contributed by atoms with van der Waals surface area (Å²) in [5, 5.41) is 0. The van der Waals surface area contributed by atoms with E-state index in [1.54, 1.807) is 4.90 Å². The fraction of sp³-hybridized carbons (Fsp3) is 0.462. The van der Waals surface area contributed by atoms with Crippen LogP contribution < -0.4 is 5.73 Å². The summed E-state index contributed by atoms with van der Waals surface area (Å²) in [5.74, 6) is 0.0784. The molecule has 1 rings (SSSR count). The molecule has 0 heterocycles. The standard InChI is InChI=1S/C13H20N2O/c1-10-6-4-7-12(11(10)2)13(16)15(3)9-5-8-14/h4,6-7H,5,8-9,14H2,1-3H3. The zero-order valence-electron chi connectivity index (χ0n) is 10.3. The van der Waals surface area contributed by atoms with Gasteiger partial charge in [-0.2, -0.15) is 0 Å². The van der Waals surface area contributed by atoms with Crippen molar-refractivity contribution < 1.29 is 4.79 Å². The first-order chi connectivity index (χ1) is 7.57. The van der Waals surface area contributed by atoms with E-state index in [0.29, 0.717) is 13.1 Å². The van der Waals surface area contributed by atoms with E-state index in [2.05, 4.69) is 0 Å². The zero-order valence-corrected chi connectivity index (χ0v) is 10.3. The van der Waals surface area contributed by atoms with Gasteiger partial charge in [0.15, 0.2) is 0 Å². The van der Waals surface area contributed by atoms with Crippen molar-refractivity contribution in [1.82, 2.24) is 4.90 Å². The predicted octanol–water partition coefficient (Wildman–Crippen LogP) is 1.72. The van der Waals surface area contributed by atoms with E-state index in [1.807, 2.05) is 39.1 Å². The molecule has 0 radical (unpaired) electrons. The molecule has 0 aliphatic rings. The van der Waals surface area contributed by atoms with Crippen molar-refractivity contribution in [3.63, 3.8) is 0 Å². The number of hydrogen-bond donors (Lipinski definition) is 1. The fourth-order valence-corrected chi connectivity index (χ4v) is 1.62. The Kier molecular flexibility index (Phi) is 4.50. The average molecular weight is 220 g/mol. The molecule has 3 nitrogen and oxygen atoms in total. The Labute approximate surface area is 97.2 Å². The van der Waals surface area contributed by atoms with Crippen LogP contribution in [0.25, 0.3) is 0 Å². The summed E-state index contributed by atoms with van der Waals surface area (Å²) in [6.07, 6.45) is 0.840. The van der Waals surface area contributed by atoms with Crippen LogP contribution >= 0.6 is 0 Å². The maximum atomic E-state index is 12.1. The van der Waals surface area contributed by atoms with Crippen molar-refractivity contribution in [3.8, 4) is 0 Å². The molecule has 0 saturated heterocycles. The van der Waals surface area contributed by atoms with Crippen LogP contribution in [0, 0.1) is 13.8 Å². The van der Waals surface area contributed by atoms with Gasteiger partial charge in [0.1, 0.15) is 0 Å². The third kappa shape index (κ3) is 2.83. The Balaban J connectivity index is 2.84. The van der Waals surface area contributed by atoms with Gasteiger partial charge in [-0.15, -0.1) is 0 Å². The molecule has 0 fully saturated rings. The van der Waals surface area contributed by atoms with E-state index in [-0.39, 0.29) is 5.91 Å². The second kappa shape index (κ2) is 5.66. The van der Waals surface area contributed by atoms with Gasteiger partial charge in [0.25, 0.3) is 5.91 Å². The van der Waals surface area contributed by atoms with E-state index in [1.165, 1.54) is 0 Å². The molecular formula is C13H20N2O. The molecule has 16 heavy (non-hydrogen) atoms. The van der Waals surface area contributed by atoms with Gasteiger partial charge in [0.2, 0.25) is 0 Å². The molecule has 0 unspecified atom stereocenters. The minimum atomic E-state index is 0.0784. The summed E-state index contributed by atoms with van der Waals surface area (Å²) in [6, 6.07) is 5.82. The normalized spacial score (nSPS) is 10.2. The minimum absolute atomic E-state index is 0.0784. The van der Waals surface area contributed by atoms with E-state index in [9.17, 15) is 4.79 Å². The highest BCUT2D eigenvalue weighted by Gasteiger charge is 2.13. The van der Waals surface area contributed by atoms with Crippen molar-refractivity contribution in [2.24, 2.45) is 5.73 Å². The Bertz CT molecular complexity index is 374. The number of amides is 1. The smallest absolute Gasteiger partial charge is 0.253 e. The van der Waals surface area contributed by atoms with Gasteiger partial charge in [0, 0.05) is 19.2 Å². The van der Waals surface area contributed by atoms with Gasteiger partial charge in [0.05, 0.1) is 0 Å². The van der Waals surface area contributed by atoms with Crippen molar-refractivity contribution in [1.29, 1.82) is 0 Å². The Morgan fingerprint density at radius 1 is 1.38 bits per heavy atom. The Morgan fingerprint density at radius 3 is 2.69 bits per heavy atom. The van der Waals surface area contributed by atoms with Crippen molar-refractivity contribution in [2.75, 3.05) is 20.1 Å². The van der Waals surface area contributed by atoms with Gasteiger partial charge in [-0.05, 0) is 44.0 Å². The minimum Gasteiger partial charge on any atom is -0.342 e. The van der Waals surface area contributed by atoms with Gasteiger partial charge in [-0.3, -0.25) is 4.79 Å². The number of benzene rings is 1. The summed E-state index contributed by atoms with van der Waals surface area (Å²) in [7, 11) is 1.82. The lowest BCUT2D eigenvalue weighted by Gasteiger charge is -2.18. The Morgan fingerprint density at radius 2 is 2.06 bits per heavy atom. The third-order valence-electron chi connectivity index (χ3n) is 2.88. The summed E-state index contributed by atoms with van der Waals surface area (Å²) < 4.78 is 0. The van der Waals surface area contributed by atoms with Crippen molar-refractivity contribution >= 4 is 5.91 Å². The van der Waals surface area contributed by atoms with Crippen molar-refractivity contribution in [3.05, 3.63) is 34.9 Å². The molecule has 0 spiro atoms. The summed E-state index contributed by atoms with van der Waals surface area (Å²) in [4.78, 5) is 13.8. The maximum absolute atomic E-state index is 12.1. The predicted molar refractivity (Wildman–Crippen MR) is 66.5 cm³/mol. The molecule has 2 N–H and O–H groups in total. The van der Waals surface area contributed by atoms with Crippen LogP contribution in [0.4, 0.5) is 0 Å². The van der Waals surface area contributed by atoms with Crippen LogP contribution in [-0.2, 0) is 0 Å².